The highest BCUT2D eigenvalue weighted by Crippen LogP contribution is 2.30. The lowest BCUT2D eigenvalue weighted by Gasteiger charge is -2.08. The lowest BCUT2D eigenvalue weighted by Crippen LogP contribution is -2.22. The number of alkyl halides is 3. The Hall–Kier alpha value is -2.25. The van der Waals surface area contributed by atoms with Gasteiger partial charge in [-0.2, -0.15) is 13.2 Å². The van der Waals surface area contributed by atoms with Gasteiger partial charge in [0.05, 0.1) is 11.3 Å². The van der Waals surface area contributed by atoms with Crippen molar-refractivity contribution < 1.29 is 13.2 Å². The second kappa shape index (κ2) is 3.90. The maximum Gasteiger partial charge on any atom is 0.416 e. The summed E-state index contributed by atoms with van der Waals surface area (Å²) in [6.45, 7) is 0. The molecule has 1 aromatic heterocycles. The third-order valence-electron chi connectivity index (χ3n) is 2.38. The van der Waals surface area contributed by atoms with Crippen LogP contribution in [0.2, 0.25) is 0 Å². The summed E-state index contributed by atoms with van der Waals surface area (Å²) in [7, 11) is 1.36. The highest BCUT2D eigenvalue weighted by Gasteiger charge is 2.30. The Morgan fingerprint density at radius 3 is 2.50 bits per heavy atom. The van der Waals surface area contributed by atoms with Crippen molar-refractivity contribution >= 4 is 5.95 Å². The standard InChI is InChI=1S/C10H9F3N4O/c1-16-9(18)17(8(14)15-16)7-4-2-3-6(5-7)10(11,12)13/h2-5H,1H3,(H2,14,15). The summed E-state index contributed by atoms with van der Waals surface area (Å²) >= 11 is 0. The Balaban J connectivity index is 2.62. The van der Waals surface area contributed by atoms with Gasteiger partial charge in [-0.1, -0.05) is 6.07 Å². The van der Waals surface area contributed by atoms with E-state index in [1.165, 1.54) is 19.2 Å². The second-order valence-corrected chi connectivity index (χ2v) is 3.65. The van der Waals surface area contributed by atoms with Gasteiger partial charge in [-0.05, 0) is 18.2 Å². The van der Waals surface area contributed by atoms with Gasteiger partial charge >= 0.3 is 11.9 Å². The third-order valence-corrected chi connectivity index (χ3v) is 2.38. The molecule has 0 saturated carbocycles. The van der Waals surface area contributed by atoms with Crippen LogP contribution in [-0.2, 0) is 13.2 Å². The van der Waals surface area contributed by atoms with E-state index in [4.69, 9.17) is 5.73 Å². The number of anilines is 1. The summed E-state index contributed by atoms with van der Waals surface area (Å²) in [4.78, 5) is 11.7. The summed E-state index contributed by atoms with van der Waals surface area (Å²) in [5.74, 6) is -0.165. The monoisotopic (exact) mass is 258 g/mol. The van der Waals surface area contributed by atoms with Crippen LogP contribution in [0.3, 0.4) is 0 Å². The fourth-order valence-electron chi connectivity index (χ4n) is 1.55. The molecule has 0 fully saturated rings. The zero-order valence-electron chi connectivity index (χ0n) is 9.27. The van der Waals surface area contributed by atoms with Crippen LogP contribution in [0.15, 0.2) is 29.1 Å². The molecule has 96 valence electrons. The maximum absolute atomic E-state index is 12.6. The Bertz CT molecular complexity index is 641. The highest BCUT2D eigenvalue weighted by molar-refractivity contribution is 5.41. The SMILES string of the molecule is Cn1nc(N)n(-c2cccc(C(F)(F)F)c2)c1=O. The van der Waals surface area contributed by atoms with Gasteiger partial charge in [0.1, 0.15) is 0 Å². The number of hydrogen-bond donors (Lipinski definition) is 1. The summed E-state index contributed by atoms with van der Waals surface area (Å²) in [6.07, 6.45) is -4.48. The minimum absolute atomic E-state index is 0.0282. The first-order chi connectivity index (χ1) is 8.30. The van der Waals surface area contributed by atoms with Gasteiger partial charge < -0.3 is 5.73 Å². The van der Waals surface area contributed by atoms with Crippen molar-refractivity contribution in [3.8, 4) is 5.69 Å². The molecule has 1 heterocycles. The van der Waals surface area contributed by atoms with Crippen LogP contribution in [-0.4, -0.2) is 14.3 Å². The molecule has 5 nitrogen and oxygen atoms in total. The van der Waals surface area contributed by atoms with Crippen molar-refractivity contribution in [1.29, 1.82) is 0 Å². The molecule has 0 aliphatic carbocycles. The lowest BCUT2D eigenvalue weighted by atomic mass is 10.2. The topological polar surface area (TPSA) is 65.8 Å². The van der Waals surface area contributed by atoms with Crippen LogP contribution < -0.4 is 11.4 Å². The number of nitrogens with zero attached hydrogens (tertiary/aromatic N) is 3. The van der Waals surface area contributed by atoms with Gasteiger partial charge in [0.2, 0.25) is 5.95 Å². The van der Waals surface area contributed by atoms with E-state index < -0.39 is 17.4 Å². The Labute approximate surface area is 99.3 Å². The van der Waals surface area contributed by atoms with E-state index >= 15 is 0 Å². The average molecular weight is 258 g/mol. The van der Waals surface area contributed by atoms with Gasteiger partial charge in [0, 0.05) is 7.05 Å². The van der Waals surface area contributed by atoms with Crippen LogP contribution in [0.4, 0.5) is 19.1 Å². The van der Waals surface area contributed by atoms with Gasteiger partial charge in [-0.25, -0.2) is 14.0 Å². The van der Waals surface area contributed by atoms with Crippen molar-refractivity contribution in [1.82, 2.24) is 14.3 Å². The molecule has 1 aromatic carbocycles. The van der Waals surface area contributed by atoms with E-state index in [1.807, 2.05) is 0 Å². The van der Waals surface area contributed by atoms with Crippen LogP contribution in [0.5, 0.6) is 0 Å². The first-order valence-corrected chi connectivity index (χ1v) is 4.90. The predicted molar refractivity (Wildman–Crippen MR) is 58.2 cm³/mol. The normalized spacial score (nSPS) is 11.8. The molecule has 0 aliphatic rings. The Morgan fingerprint density at radius 1 is 1.33 bits per heavy atom. The number of aromatic nitrogens is 3. The number of hydrogen-bond acceptors (Lipinski definition) is 3. The minimum atomic E-state index is -4.48. The van der Waals surface area contributed by atoms with Crippen molar-refractivity contribution in [2.75, 3.05) is 5.73 Å². The maximum atomic E-state index is 12.6. The van der Waals surface area contributed by atoms with Gasteiger partial charge in [-0.15, -0.1) is 5.10 Å². The number of nitrogens with two attached hydrogens (primary N) is 1. The molecule has 0 amide bonds. The fourth-order valence-corrected chi connectivity index (χ4v) is 1.55. The minimum Gasteiger partial charge on any atom is -0.368 e. The van der Waals surface area contributed by atoms with Crippen LogP contribution in [0.25, 0.3) is 5.69 Å². The van der Waals surface area contributed by atoms with E-state index in [0.29, 0.717) is 0 Å². The molecule has 0 spiro atoms. The fraction of sp³-hybridized carbons (Fsp3) is 0.200. The zero-order chi connectivity index (χ0) is 13.5. The molecule has 2 aromatic rings. The van der Waals surface area contributed by atoms with E-state index in [0.717, 1.165) is 21.4 Å². The number of aryl methyl sites for hydroxylation is 1. The molecule has 0 aliphatic heterocycles. The molecule has 2 rings (SSSR count). The number of rotatable bonds is 1. The van der Waals surface area contributed by atoms with Crippen LogP contribution >= 0.6 is 0 Å². The molecule has 0 saturated heterocycles. The molecule has 0 bridgehead atoms. The lowest BCUT2D eigenvalue weighted by molar-refractivity contribution is -0.137. The Kier molecular flexibility index (Phi) is 2.64. The highest BCUT2D eigenvalue weighted by atomic mass is 19.4. The first-order valence-electron chi connectivity index (χ1n) is 4.90. The second-order valence-electron chi connectivity index (χ2n) is 3.65. The molecule has 2 N–H and O–H groups in total. The smallest absolute Gasteiger partial charge is 0.368 e. The average Bonchev–Trinajstić information content (AvgIpc) is 2.52. The van der Waals surface area contributed by atoms with Crippen molar-refractivity contribution in [2.24, 2.45) is 7.05 Å². The van der Waals surface area contributed by atoms with Crippen LogP contribution in [0, 0.1) is 0 Å². The van der Waals surface area contributed by atoms with E-state index in [2.05, 4.69) is 5.10 Å². The molecule has 8 heteroatoms. The summed E-state index contributed by atoms with van der Waals surface area (Å²) in [5, 5.41) is 3.64. The summed E-state index contributed by atoms with van der Waals surface area (Å²) in [5.41, 5.74) is 4.05. The van der Waals surface area contributed by atoms with Crippen molar-refractivity contribution in [3.05, 3.63) is 40.3 Å². The zero-order valence-corrected chi connectivity index (χ0v) is 9.27. The molecule has 0 unspecified atom stereocenters. The van der Waals surface area contributed by atoms with E-state index in [-0.39, 0.29) is 11.6 Å². The van der Waals surface area contributed by atoms with Gasteiger partial charge in [0.15, 0.2) is 0 Å². The quantitative estimate of drug-likeness (QED) is 0.835. The summed E-state index contributed by atoms with van der Waals surface area (Å²) in [6, 6.07) is 4.33. The number of halogens is 3. The van der Waals surface area contributed by atoms with Crippen molar-refractivity contribution in [3.63, 3.8) is 0 Å². The Morgan fingerprint density at radius 2 is 2.00 bits per heavy atom. The molecule has 0 atom stereocenters. The van der Waals surface area contributed by atoms with E-state index in [9.17, 15) is 18.0 Å². The molecule has 0 radical (unpaired) electrons. The van der Waals surface area contributed by atoms with Gasteiger partial charge in [0.25, 0.3) is 0 Å². The predicted octanol–water partition coefficient (Wildman–Crippen LogP) is 1.17. The first kappa shape index (κ1) is 12.2. The molecular formula is C10H9F3N4O. The van der Waals surface area contributed by atoms with E-state index in [1.54, 1.807) is 0 Å². The molecular weight excluding hydrogens is 249 g/mol. The van der Waals surface area contributed by atoms with Crippen molar-refractivity contribution in [2.45, 2.75) is 6.18 Å². The largest absolute Gasteiger partial charge is 0.416 e. The number of nitrogen functional groups attached to an aromatic ring is 1. The third kappa shape index (κ3) is 1.96. The summed E-state index contributed by atoms with van der Waals surface area (Å²) < 4.78 is 39.5. The number of benzene rings is 1. The van der Waals surface area contributed by atoms with Gasteiger partial charge in [-0.3, -0.25) is 0 Å². The van der Waals surface area contributed by atoms with Crippen LogP contribution in [0.1, 0.15) is 5.56 Å². The molecule has 18 heavy (non-hydrogen) atoms.